The van der Waals surface area contributed by atoms with Crippen molar-refractivity contribution in [2.45, 2.75) is 77.7 Å². The SMILES string of the molecule is CC(C)c1ccc2c(c1)CC[C@H]1[C@@](C)(Cn3c(-c4cccc(OCC(N)=O)c4)nc4cc(-c5ccccc5)ccc43)CCC[C@]21C. The summed E-state index contributed by atoms with van der Waals surface area (Å²) in [6.07, 6.45) is 5.99. The van der Waals surface area contributed by atoms with Crippen molar-refractivity contribution in [3.63, 3.8) is 0 Å². The zero-order valence-electron chi connectivity index (χ0n) is 27.6. The van der Waals surface area contributed by atoms with Gasteiger partial charge in [0.25, 0.3) is 5.91 Å². The largest absolute Gasteiger partial charge is 0.484 e. The number of hydrogen-bond acceptors (Lipinski definition) is 3. The third kappa shape index (κ3) is 5.40. The van der Waals surface area contributed by atoms with Crippen LogP contribution in [-0.2, 0) is 23.2 Å². The molecule has 0 saturated heterocycles. The fourth-order valence-electron chi connectivity index (χ4n) is 8.75. The summed E-state index contributed by atoms with van der Waals surface area (Å²) >= 11 is 0. The lowest BCUT2D eigenvalue weighted by atomic mass is 9.49. The molecule has 5 nitrogen and oxygen atoms in total. The van der Waals surface area contributed by atoms with Crippen LogP contribution in [-0.4, -0.2) is 22.1 Å². The number of amides is 1. The maximum atomic E-state index is 11.5. The molecular weight excluding hydrogens is 566 g/mol. The first kappa shape index (κ1) is 30.3. The first-order chi connectivity index (χ1) is 22.1. The Balaban J connectivity index is 1.32. The van der Waals surface area contributed by atoms with Crippen LogP contribution in [0.4, 0.5) is 0 Å². The van der Waals surface area contributed by atoms with Gasteiger partial charge < -0.3 is 15.0 Å². The van der Waals surface area contributed by atoms with E-state index in [0.29, 0.717) is 17.6 Å². The predicted molar refractivity (Wildman–Crippen MR) is 187 cm³/mol. The van der Waals surface area contributed by atoms with Gasteiger partial charge in [0.05, 0.1) is 11.0 Å². The normalized spacial score (nSPS) is 22.4. The van der Waals surface area contributed by atoms with E-state index in [4.69, 9.17) is 15.5 Å². The minimum absolute atomic E-state index is 0.0853. The van der Waals surface area contributed by atoms with Crippen molar-refractivity contribution < 1.29 is 9.53 Å². The number of carbonyl (C=O) groups excluding carboxylic acids is 1. The second-order valence-electron chi connectivity index (χ2n) is 14.5. The second-order valence-corrected chi connectivity index (χ2v) is 14.5. The van der Waals surface area contributed by atoms with E-state index in [1.54, 1.807) is 11.1 Å². The quantitative estimate of drug-likeness (QED) is 0.190. The van der Waals surface area contributed by atoms with Gasteiger partial charge >= 0.3 is 0 Å². The molecule has 4 aromatic carbocycles. The summed E-state index contributed by atoms with van der Waals surface area (Å²) in [5.74, 6) is 2.15. The molecule has 0 aliphatic heterocycles. The third-order valence-electron chi connectivity index (χ3n) is 11.0. The number of imidazole rings is 1. The number of ether oxygens (including phenoxy) is 1. The van der Waals surface area contributed by atoms with Gasteiger partial charge in [0.2, 0.25) is 0 Å². The number of carbonyl (C=O) groups is 1. The van der Waals surface area contributed by atoms with Crippen LogP contribution in [0.25, 0.3) is 33.5 Å². The van der Waals surface area contributed by atoms with Gasteiger partial charge in [-0.05, 0) is 100 Å². The fourth-order valence-corrected chi connectivity index (χ4v) is 8.75. The van der Waals surface area contributed by atoms with Crippen molar-refractivity contribution >= 4 is 16.9 Å². The molecule has 1 fully saturated rings. The van der Waals surface area contributed by atoms with Crippen LogP contribution in [0.1, 0.15) is 76.0 Å². The fraction of sp³-hybridized carbons (Fsp3) is 0.366. The summed E-state index contributed by atoms with van der Waals surface area (Å²) in [6.45, 7) is 10.4. The highest BCUT2D eigenvalue weighted by atomic mass is 16.5. The van der Waals surface area contributed by atoms with E-state index in [9.17, 15) is 4.79 Å². The van der Waals surface area contributed by atoms with Crippen molar-refractivity contribution in [1.82, 2.24) is 9.55 Å². The molecule has 1 aromatic heterocycles. The molecule has 3 atom stereocenters. The van der Waals surface area contributed by atoms with Crippen LogP contribution in [0.5, 0.6) is 5.75 Å². The first-order valence-corrected chi connectivity index (χ1v) is 16.9. The van der Waals surface area contributed by atoms with E-state index in [1.165, 1.54) is 36.8 Å². The Morgan fingerprint density at radius 2 is 1.74 bits per heavy atom. The highest BCUT2D eigenvalue weighted by molar-refractivity contribution is 5.85. The second kappa shape index (κ2) is 11.8. The molecule has 0 bridgehead atoms. The smallest absolute Gasteiger partial charge is 0.255 e. The highest BCUT2D eigenvalue weighted by Gasteiger charge is 2.52. The topological polar surface area (TPSA) is 70.1 Å². The number of nitrogens with zero attached hydrogens (tertiary/aromatic N) is 2. The number of fused-ring (bicyclic) bond motifs is 4. The predicted octanol–water partition coefficient (Wildman–Crippen LogP) is 9.07. The number of rotatable bonds is 8. The Bertz CT molecular complexity index is 1910. The van der Waals surface area contributed by atoms with Crippen molar-refractivity contribution in [2.24, 2.45) is 17.1 Å². The van der Waals surface area contributed by atoms with E-state index in [-0.39, 0.29) is 17.4 Å². The standard InChI is InChI=1S/C41H45N3O2/c1-27(2)29-14-17-34-31(22-29)16-19-37-40(3,20-9-21-41(34,37)4)26-44-36-18-15-30(28-10-6-5-7-11-28)24-35(36)43-39(44)32-12-8-13-33(23-32)46-25-38(42)45/h5-8,10-15,17-18,22-24,27,37H,9,16,19-21,25-26H2,1-4H3,(H2,42,45)/t37-,40+,41+/m0/s1. The maximum Gasteiger partial charge on any atom is 0.255 e. The Hall–Kier alpha value is -4.38. The highest BCUT2D eigenvalue weighted by Crippen LogP contribution is 2.58. The summed E-state index contributed by atoms with van der Waals surface area (Å²) in [5.41, 5.74) is 15.6. The number of aryl methyl sites for hydroxylation is 1. The van der Waals surface area contributed by atoms with Crippen LogP contribution in [0.2, 0.25) is 0 Å². The van der Waals surface area contributed by atoms with Gasteiger partial charge in [-0.1, -0.05) is 101 Å². The molecule has 1 saturated carbocycles. The number of aromatic nitrogens is 2. The van der Waals surface area contributed by atoms with E-state index in [1.807, 2.05) is 24.3 Å². The van der Waals surface area contributed by atoms with Gasteiger partial charge in [0.15, 0.2) is 6.61 Å². The molecule has 1 heterocycles. The molecule has 0 spiro atoms. The molecule has 2 aliphatic rings. The van der Waals surface area contributed by atoms with E-state index < -0.39 is 5.91 Å². The van der Waals surface area contributed by atoms with Gasteiger partial charge in [0, 0.05) is 12.1 Å². The summed E-state index contributed by atoms with van der Waals surface area (Å²) in [4.78, 5) is 16.8. The van der Waals surface area contributed by atoms with Crippen molar-refractivity contribution in [3.8, 4) is 28.3 Å². The van der Waals surface area contributed by atoms with Crippen LogP contribution in [0, 0.1) is 11.3 Å². The minimum Gasteiger partial charge on any atom is -0.484 e. The molecule has 2 N–H and O–H groups in total. The lowest BCUT2D eigenvalue weighted by molar-refractivity contribution is -0.119. The average Bonchev–Trinajstić information content (AvgIpc) is 3.41. The van der Waals surface area contributed by atoms with Crippen LogP contribution >= 0.6 is 0 Å². The molecule has 1 amide bonds. The van der Waals surface area contributed by atoms with Crippen molar-refractivity contribution in [2.75, 3.05) is 6.61 Å². The van der Waals surface area contributed by atoms with Gasteiger partial charge in [0.1, 0.15) is 11.6 Å². The monoisotopic (exact) mass is 611 g/mol. The lowest BCUT2D eigenvalue weighted by Crippen LogP contribution is -2.50. The average molecular weight is 612 g/mol. The minimum atomic E-state index is -0.492. The van der Waals surface area contributed by atoms with Crippen molar-refractivity contribution in [1.29, 1.82) is 0 Å². The van der Waals surface area contributed by atoms with Crippen molar-refractivity contribution in [3.05, 3.63) is 108 Å². The maximum absolute atomic E-state index is 11.5. The molecule has 5 heteroatoms. The van der Waals surface area contributed by atoms with Crippen LogP contribution < -0.4 is 10.5 Å². The zero-order valence-corrected chi connectivity index (χ0v) is 27.6. The molecule has 236 valence electrons. The van der Waals surface area contributed by atoms with Crippen LogP contribution in [0.15, 0.2) is 91.0 Å². The molecule has 0 radical (unpaired) electrons. The molecule has 5 aromatic rings. The van der Waals surface area contributed by atoms with E-state index >= 15 is 0 Å². The first-order valence-electron chi connectivity index (χ1n) is 16.9. The summed E-state index contributed by atoms with van der Waals surface area (Å²) in [6, 6.07) is 32.4. The summed E-state index contributed by atoms with van der Waals surface area (Å²) < 4.78 is 8.18. The molecule has 46 heavy (non-hydrogen) atoms. The number of hydrogen-bond donors (Lipinski definition) is 1. The number of primary amides is 1. The number of benzene rings is 4. The Labute approximate surface area is 272 Å². The third-order valence-corrected chi connectivity index (χ3v) is 11.0. The number of nitrogens with two attached hydrogens (primary N) is 1. The van der Waals surface area contributed by atoms with Gasteiger partial charge in [-0.25, -0.2) is 4.98 Å². The lowest BCUT2D eigenvalue weighted by Gasteiger charge is -2.56. The Morgan fingerprint density at radius 1 is 0.935 bits per heavy atom. The van der Waals surface area contributed by atoms with Gasteiger partial charge in [-0.2, -0.15) is 0 Å². The summed E-state index contributed by atoms with van der Waals surface area (Å²) in [7, 11) is 0. The van der Waals surface area contributed by atoms with Crippen LogP contribution in [0.3, 0.4) is 0 Å². The molecule has 2 aliphatic carbocycles. The zero-order chi connectivity index (χ0) is 32.1. The molecular formula is C41H45N3O2. The Morgan fingerprint density at radius 3 is 2.52 bits per heavy atom. The van der Waals surface area contributed by atoms with Gasteiger partial charge in [-0.3, -0.25) is 4.79 Å². The Kier molecular flexibility index (Phi) is 7.75. The van der Waals surface area contributed by atoms with Gasteiger partial charge in [-0.15, -0.1) is 0 Å². The molecule has 0 unspecified atom stereocenters. The molecule has 7 rings (SSSR count). The van der Waals surface area contributed by atoms with E-state index in [0.717, 1.165) is 41.0 Å². The summed E-state index contributed by atoms with van der Waals surface area (Å²) in [5, 5.41) is 0. The van der Waals surface area contributed by atoms with E-state index in [2.05, 4.69) is 99.0 Å².